The van der Waals surface area contributed by atoms with Gasteiger partial charge in [-0.2, -0.15) is 0 Å². The molecule has 380 valence electrons. The molecule has 72 heavy (non-hydrogen) atoms. The monoisotopic (exact) mass is 999 g/mol. The number of carbonyl (C=O) groups is 5. The highest BCUT2D eigenvalue weighted by molar-refractivity contribution is 6.31. The van der Waals surface area contributed by atoms with E-state index in [1.54, 1.807) is 30.3 Å². The van der Waals surface area contributed by atoms with Gasteiger partial charge in [-0.15, -0.1) is 0 Å². The molecule has 2 aliphatic heterocycles. The lowest BCUT2D eigenvalue weighted by molar-refractivity contribution is -0.344. The van der Waals surface area contributed by atoms with Crippen LogP contribution in [0, 0.1) is 6.92 Å². The lowest BCUT2D eigenvalue weighted by atomic mass is 9.74. The minimum Gasteiger partial charge on any atom is -0.507 e. The molecule has 2 aliphatic carbocycles. The van der Waals surface area contributed by atoms with Crippen LogP contribution in [0.25, 0.3) is 21.6 Å². The average Bonchev–Trinajstić information content (AvgIpc) is 3.34. The van der Waals surface area contributed by atoms with E-state index >= 15 is 0 Å². The fraction of sp³-hybridized carbons (Fsp3) is 0.396. The first-order valence-electron chi connectivity index (χ1n) is 22.3. The van der Waals surface area contributed by atoms with Gasteiger partial charge in [-0.05, 0) is 65.8 Å². The summed E-state index contributed by atoms with van der Waals surface area (Å²) in [6, 6.07) is 10.5. The van der Waals surface area contributed by atoms with Crippen molar-refractivity contribution >= 4 is 29.5 Å². The number of azide groups is 1. The third kappa shape index (κ3) is 8.93. The Balaban J connectivity index is 1.23. The highest BCUT2D eigenvalue weighted by atomic mass is 16.7. The quantitative estimate of drug-likeness (QED) is 0.0520. The van der Waals surface area contributed by atoms with Gasteiger partial charge in [0.25, 0.3) is 5.91 Å². The van der Waals surface area contributed by atoms with E-state index in [1.807, 2.05) is 0 Å². The second-order valence-corrected chi connectivity index (χ2v) is 17.6. The van der Waals surface area contributed by atoms with E-state index in [-0.39, 0.29) is 34.6 Å². The lowest BCUT2D eigenvalue weighted by Gasteiger charge is -2.49. The van der Waals surface area contributed by atoms with Crippen LogP contribution in [0.1, 0.15) is 90.5 Å². The molecule has 2 fully saturated rings. The van der Waals surface area contributed by atoms with E-state index < -0.39 is 160 Å². The first kappa shape index (κ1) is 51.1. The van der Waals surface area contributed by atoms with Gasteiger partial charge >= 0.3 is 6.09 Å². The largest absolute Gasteiger partial charge is 0.507 e. The number of likely N-dealkylation sites (N-methyl/N-ethyl adjacent to an activating group) is 1. The van der Waals surface area contributed by atoms with Gasteiger partial charge in [-0.25, -0.2) is 4.79 Å². The number of ketones is 2. The molecule has 0 bridgehead atoms. The zero-order valence-corrected chi connectivity index (χ0v) is 38.9. The van der Waals surface area contributed by atoms with Crippen molar-refractivity contribution < 1.29 is 93.2 Å². The average molecular weight is 1000 g/mol. The summed E-state index contributed by atoms with van der Waals surface area (Å²) in [6.45, 7) is 3.35. The van der Waals surface area contributed by atoms with Crippen LogP contribution in [0.3, 0.4) is 0 Å². The molecule has 24 heteroatoms. The summed E-state index contributed by atoms with van der Waals surface area (Å²) in [5.41, 5.74) is 5.50. The van der Waals surface area contributed by atoms with E-state index in [4.69, 9.17) is 34.0 Å². The number of phenolic OH excluding ortho intramolecular Hbond substituents is 3. The number of hydrogen-bond donors (Lipinski definition) is 9. The minimum absolute atomic E-state index is 0.0140. The first-order valence-corrected chi connectivity index (χ1v) is 22.3. The van der Waals surface area contributed by atoms with E-state index in [2.05, 4.69) is 15.3 Å². The maximum Gasteiger partial charge on any atom is 0.410 e. The maximum atomic E-state index is 14.3. The molecule has 0 spiro atoms. The number of aryl methyl sites for hydroxylation is 1. The van der Waals surface area contributed by atoms with E-state index in [1.165, 1.54) is 47.1 Å². The Bertz CT molecular complexity index is 2910. The number of aliphatic hydroxyl groups excluding tert-OH is 5. The Hall–Kier alpha value is -7.22. The van der Waals surface area contributed by atoms with Gasteiger partial charge in [0.15, 0.2) is 24.1 Å². The summed E-state index contributed by atoms with van der Waals surface area (Å²) < 4.78 is 35.0. The maximum absolute atomic E-state index is 14.3. The van der Waals surface area contributed by atoms with Crippen LogP contribution in [-0.4, -0.2) is 157 Å². The molecule has 3 amide bonds. The van der Waals surface area contributed by atoms with Gasteiger partial charge in [0.05, 0.1) is 48.6 Å². The number of fused-ring (bicyclic) bond motifs is 5. The molecule has 4 aliphatic rings. The number of carbonyl (C=O) groups excluding carboxylic acids is 5. The van der Waals surface area contributed by atoms with E-state index in [9.17, 15) is 64.8 Å². The number of phenols is 3. The fourth-order valence-electron chi connectivity index (χ4n) is 9.49. The molecule has 2 heterocycles. The van der Waals surface area contributed by atoms with Crippen molar-refractivity contribution in [3.05, 3.63) is 115 Å². The SMILES string of the molecule is COc1cc(O)c2c(c1)C(=O)c1c(cc3c(c1O)-c1c(cc(C)c(C(=O)N[C@H](C)C(=O)N=[N+]=[N-])c1O)[C@H](O[C@@H]1O[C@H](C)[C@H](N(C)C(=O)OCc4ccccc4)[C@H](O[C@@H]4OC[C@@H](O)[C@H](O)[C@H]4O)[C@H]1O)[C@H]3O)C2=O. The van der Waals surface area contributed by atoms with Crippen molar-refractivity contribution in [1.82, 2.24) is 10.2 Å². The van der Waals surface area contributed by atoms with E-state index in [0.717, 1.165) is 17.0 Å². The van der Waals surface area contributed by atoms with Crippen LogP contribution in [0.5, 0.6) is 23.0 Å². The molecule has 4 aromatic rings. The van der Waals surface area contributed by atoms with Gasteiger partial charge in [0.2, 0.25) is 5.91 Å². The molecule has 2 saturated heterocycles. The molecule has 24 nitrogen and oxygen atoms in total. The molecule has 0 aromatic heterocycles. The predicted octanol–water partition coefficient (Wildman–Crippen LogP) is 2.19. The van der Waals surface area contributed by atoms with Crippen LogP contribution in [0.4, 0.5) is 4.79 Å². The van der Waals surface area contributed by atoms with Gasteiger partial charge in [-0.3, -0.25) is 19.2 Å². The van der Waals surface area contributed by atoms with Crippen molar-refractivity contribution in [2.45, 2.75) is 101 Å². The van der Waals surface area contributed by atoms with Crippen LogP contribution in [-0.2, 0) is 35.1 Å². The molecule has 12 atom stereocenters. The second-order valence-electron chi connectivity index (χ2n) is 17.6. The van der Waals surface area contributed by atoms with Crippen molar-refractivity contribution in [2.24, 2.45) is 5.11 Å². The topological polar surface area (TPSA) is 367 Å². The highest BCUT2D eigenvalue weighted by Gasteiger charge is 2.53. The van der Waals surface area contributed by atoms with Crippen molar-refractivity contribution in [3.8, 4) is 34.1 Å². The van der Waals surface area contributed by atoms with Crippen molar-refractivity contribution in [2.75, 3.05) is 20.8 Å². The highest BCUT2D eigenvalue weighted by Crippen LogP contribution is 2.57. The number of rotatable bonds is 11. The molecular weight excluding hydrogens is 951 g/mol. The summed E-state index contributed by atoms with van der Waals surface area (Å²) >= 11 is 0. The molecular formula is C48H49N5O19. The molecule has 0 saturated carbocycles. The van der Waals surface area contributed by atoms with E-state index in [0.29, 0.717) is 5.56 Å². The molecule has 0 unspecified atom stereocenters. The fourth-order valence-corrected chi connectivity index (χ4v) is 9.49. The summed E-state index contributed by atoms with van der Waals surface area (Å²) in [6.07, 6.45) is -18.4. The number of amides is 3. The molecule has 0 radical (unpaired) electrons. The van der Waals surface area contributed by atoms with Crippen LogP contribution in [0.2, 0.25) is 0 Å². The Morgan fingerprint density at radius 3 is 2.22 bits per heavy atom. The number of nitrogens with one attached hydrogen (secondary N) is 1. The van der Waals surface area contributed by atoms with Crippen LogP contribution in [0.15, 0.2) is 59.7 Å². The number of hydrogen-bond acceptors (Lipinski definition) is 19. The van der Waals surface area contributed by atoms with Gasteiger partial charge in [0.1, 0.15) is 72.3 Å². The molecule has 4 aromatic carbocycles. The second kappa shape index (κ2) is 20.1. The Labute approximate surface area is 408 Å². The Morgan fingerprint density at radius 1 is 0.875 bits per heavy atom. The summed E-state index contributed by atoms with van der Waals surface area (Å²) in [4.78, 5) is 71.9. The number of methoxy groups -OCH3 is 1. The number of nitrogens with zero attached hydrogens (tertiary/aromatic N) is 4. The minimum atomic E-state index is -2.02. The molecule has 9 N–H and O–H groups in total. The van der Waals surface area contributed by atoms with Gasteiger partial charge < -0.3 is 79.5 Å². The van der Waals surface area contributed by atoms with Crippen molar-refractivity contribution in [3.63, 3.8) is 0 Å². The van der Waals surface area contributed by atoms with Gasteiger partial charge in [0, 0.05) is 40.3 Å². The number of benzene rings is 4. The Kier molecular flexibility index (Phi) is 14.3. The summed E-state index contributed by atoms with van der Waals surface area (Å²) in [7, 11) is 2.57. The summed E-state index contributed by atoms with van der Waals surface area (Å²) in [5.74, 6) is -6.64. The first-order chi connectivity index (χ1) is 34.2. The number of aliphatic hydroxyl groups is 5. The van der Waals surface area contributed by atoms with Crippen LogP contribution < -0.4 is 10.1 Å². The lowest BCUT2D eigenvalue weighted by Crippen LogP contribution is -2.66. The number of ether oxygens (including phenoxy) is 6. The standard InChI is InChI=1S/C48H49N5O19/c1-17-11-25-31(38(60)28(17)45(65)50-18(2)44(64)51-52-49)30-23(14-24-32(39(30)61)35(57)22-12-21(67-5)13-26(54)29(22)34(24)56)36(58)42(25)71-47-41(63)43(72-46-40(62)37(59)27(55)16-68-46)33(19(3)70-47)53(4)48(66)69-15-20-9-7-6-8-10-20/h6-14,18-19,27,33,36-37,40-43,46-47,54-55,58-63H,15-16H2,1-5H3,(H,50,65)/t18-,19-,27-,33+,36+,37+,40-,41-,42+,43+,46+,47+/m1/s1. The smallest absolute Gasteiger partial charge is 0.410 e. The number of aromatic hydroxyl groups is 3. The zero-order chi connectivity index (χ0) is 52.2. The third-order valence-corrected chi connectivity index (χ3v) is 13.1. The summed E-state index contributed by atoms with van der Waals surface area (Å²) in [5, 5.41) is 97.0. The third-order valence-electron chi connectivity index (χ3n) is 13.1. The normalized spacial score (nSPS) is 26.7. The molecule has 8 rings (SSSR count). The zero-order valence-electron chi connectivity index (χ0n) is 38.9. The van der Waals surface area contributed by atoms with Crippen LogP contribution >= 0.6 is 0 Å². The Morgan fingerprint density at radius 2 is 1.54 bits per heavy atom. The van der Waals surface area contributed by atoms with Crippen molar-refractivity contribution in [1.29, 1.82) is 0 Å². The van der Waals surface area contributed by atoms with Gasteiger partial charge in [-0.1, -0.05) is 36.4 Å². The predicted molar refractivity (Wildman–Crippen MR) is 242 cm³/mol.